The minimum atomic E-state index is -0.276. The van der Waals surface area contributed by atoms with Gasteiger partial charge in [-0.05, 0) is 31.0 Å². The van der Waals surface area contributed by atoms with Gasteiger partial charge in [0.1, 0.15) is 5.75 Å². The van der Waals surface area contributed by atoms with E-state index in [1.54, 1.807) is 6.07 Å². The number of nitrogens with two attached hydrogens (primary N) is 1. The molecule has 5 heteroatoms. The Labute approximate surface area is 111 Å². The van der Waals surface area contributed by atoms with E-state index >= 15 is 0 Å². The summed E-state index contributed by atoms with van der Waals surface area (Å²) in [7, 11) is 0. The van der Waals surface area contributed by atoms with Crippen molar-refractivity contribution in [1.82, 2.24) is 5.32 Å². The van der Waals surface area contributed by atoms with Gasteiger partial charge in [-0.15, -0.1) is 0 Å². The van der Waals surface area contributed by atoms with Crippen molar-refractivity contribution >= 4 is 17.5 Å². The van der Waals surface area contributed by atoms with Gasteiger partial charge in [0, 0.05) is 12.1 Å². The Morgan fingerprint density at radius 3 is 2.67 bits per heavy atom. The van der Waals surface area contributed by atoms with Crippen molar-refractivity contribution < 1.29 is 9.90 Å². The highest BCUT2D eigenvalue weighted by Gasteiger charge is 2.34. The Kier molecular flexibility index (Phi) is 3.78. The molecule has 4 N–H and O–H groups in total. The van der Waals surface area contributed by atoms with Crippen molar-refractivity contribution in [3.63, 3.8) is 0 Å². The van der Waals surface area contributed by atoms with Crippen LogP contribution in [0.5, 0.6) is 5.75 Å². The molecule has 0 unspecified atom stereocenters. The number of phenolic OH excluding ortho intramolecular Hbond substituents is 1. The zero-order chi connectivity index (χ0) is 13.2. The number of phenols is 1. The number of carbonyl (C=O) groups is 1. The minimum absolute atomic E-state index is 0.0254. The van der Waals surface area contributed by atoms with Crippen LogP contribution in [0.25, 0.3) is 0 Å². The molecule has 1 aromatic rings. The van der Waals surface area contributed by atoms with Crippen molar-refractivity contribution in [3.8, 4) is 5.75 Å². The smallest absolute Gasteiger partial charge is 0.251 e. The normalized spacial score (nSPS) is 17.7. The average Bonchev–Trinajstić information content (AvgIpc) is 2.82. The predicted octanol–water partition coefficient (Wildman–Crippen LogP) is 2.05. The van der Waals surface area contributed by atoms with Gasteiger partial charge in [-0.2, -0.15) is 0 Å². The molecular formula is C13H17ClN2O2. The van der Waals surface area contributed by atoms with Gasteiger partial charge in [-0.3, -0.25) is 4.79 Å². The molecule has 98 valence electrons. The van der Waals surface area contributed by atoms with E-state index in [0.717, 1.165) is 25.7 Å². The zero-order valence-corrected chi connectivity index (χ0v) is 10.8. The quantitative estimate of drug-likeness (QED) is 0.785. The van der Waals surface area contributed by atoms with Crippen LogP contribution in [0.15, 0.2) is 18.2 Å². The maximum Gasteiger partial charge on any atom is 0.251 e. The minimum Gasteiger partial charge on any atom is -0.506 e. The van der Waals surface area contributed by atoms with Crippen LogP contribution in [0.2, 0.25) is 5.02 Å². The van der Waals surface area contributed by atoms with E-state index < -0.39 is 0 Å². The van der Waals surface area contributed by atoms with Crippen molar-refractivity contribution in [2.24, 2.45) is 5.73 Å². The monoisotopic (exact) mass is 268 g/mol. The van der Waals surface area contributed by atoms with Gasteiger partial charge in [-0.25, -0.2) is 0 Å². The first-order chi connectivity index (χ1) is 8.56. The summed E-state index contributed by atoms with van der Waals surface area (Å²) in [4.78, 5) is 12.1. The van der Waals surface area contributed by atoms with Gasteiger partial charge in [0.2, 0.25) is 0 Å². The fourth-order valence-corrected chi connectivity index (χ4v) is 2.57. The average molecular weight is 269 g/mol. The topological polar surface area (TPSA) is 75.3 Å². The number of nitrogens with one attached hydrogen (secondary N) is 1. The standard InChI is InChI=1S/C13H17ClN2O2/c14-10-7-9(3-4-11(10)17)12(18)16-13(8-15)5-1-2-6-13/h3-4,7,17H,1-2,5-6,8,15H2,(H,16,18). The molecule has 0 aromatic heterocycles. The maximum atomic E-state index is 12.1. The molecule has 18 heavy (non-hydrogen) atoms. The first-order valence-corrected chi connectivity index (χ1v) is 6.45. The fourth-order valence-electron chi connectivity index (χ4n) is 2.39. The maximum absolute atomic E-state index is 12.1. The third-order valence-corrected chi connectivity index (χ3v) is 3.84. The Hall–Kier alpha value is -1.26. The van der Waals surface area contributed by atoms with Crippen LogP contribution in [0.1, 0.15) is 36.0 Å². The molecule has 0 atom stereocenters. The van der Waals surface area contributed by atoms with E-state index in [-0.39, 0.29) is 22.2 Å². The second-order valence-electron chi connectivity index (χ2n) is 4.81. The summed E-state index contributed by atoms with van der Waals surface area (Å²) in [6.07, 6.45) is 4.02. The summed E-state index contributed by atoms with van der Waals surface area (Å²) >= 11 is 5.79. The second-order valence-corrected chi connectivity index (χ2v) is 5.22. The summed E-state index contributed by atoms with van der Waals surface area (Å²) in [5.41, 5.74) is 5.93. The summed E-state index contributed by atoms with van der Waals surface area (Å²) in [5, 5.41) is 12.5. The van der Waals surface area contributed by atoms with Crippen LogP contribution < -0.4 is 11.1 Å². The Morgan fingerprint density at radius 1 is 1.44 bits per heavy atom. The number of rotatable bonds is 3. The number of hydrogen-bond acceptors (Lipinski definition) is 3. The van der Waals surface area contributed by atoms with Gasteiger partial charge in [-0.1, -0.05) is 24.4 Å². The molecule has 1 aromatic carbocycles. The molecule has 0 spiro atoms. The molecule has 0 radical (unpaired) electrons. The van der Waals surface area contributed by atoms with Crippen LogP contribution in [0.3, 0.4) is 0 Å². The molecule has 0 bridgehead atoms. The number of benzene rings is 1. The van der Waals surface area contributed by atoms with Gasteiger partial charge in [0.05, 0.1) is 10.6 Å². The number of aromatic hydroxyl groups is 1. The van der Waals surface area contributed by atoms with Crippen LogP contribution in [0, 0.1) is 0 Å². The molecule has 0 aliphatic heterocycles. The summed E-state index contributed by atoms with van der Waals surface area (Å²) in [6, 6.07) is 4.43. The molecule has 1 aliphatic rings. The first kappa shape index (κ1) is 13.2. The first-order valence-electron chi connectivity index (χ1n) is 6.07. The van der Waals surface area contributed by atoms with Crippen molar-refractivity contribution in [2.75, 3.05) is 6.54 Å². The zero-order valence-electron chi connectivity index (χ0n) is 10.1. The molecule has 1 saturated carbocycles. The van der Waals surface area contributed by atoms with Crippen LogP contribution in [-0.2, 0) is 0 Å². The van der Waals surface area contributed by atoms with Crippen molar-refractivity contribution in [2.45, 2.75) is 31.2 Å². The SMILES string of the molecule is NCC1(NC(=O)c2ccc(O)c(Cl)c2)CCCC1. The van der Waals surface area contributed by atoms with Crippen LogP contribution in [-0.4, -0.2) is 23.1 Å². The van der Waals surface area contributed by atoms with E-state index in [9.17, 15) is 9.90 Å². The highest BCUT2D eigenvalue weighted by atomic mass is 35.5. The van der Waals surface area contributed by atoms with E-state index in [4.69, 9.17) is 17.3 Å². The number of halogens is 1. The Balaban J connectivity index is 2.13. The molecule has 0 heterocycles. The highest BCUT2D eigenvalue weighted by Crippen LogP contribution is 2.29. The van der Waals surface area contributed by atoms with E-state index in [0.29, 0.717) is 12.1 Å². The third-order valence-electron chi connectivity index (χ3n) is 3.54. The predicted molar refractivity (Wildman–Crippen MR) is 70.8 cm³/mol. The largest absolute Gasteiger partial charge is 0.506 e. The molecule has 1 amide bonds. The lowest BCUT2D eigenvalue weighted by molar-refractivity contribution is 0.0903. The lowest BCUT2D eigenvalue weighted by Crippen LogP contribution is -2.51. The number of carbonyl (C=O) groups excluding carboxylic acids is 1. The molecule has 4 nitrogen and oxygen atoms in total. The van der Waals surface area contributed by atoms with Crippen molar-refractivity contribution in [1.29, 1.82) is 0 Å². The Morgan fingerprint density at radius 2 is 2.11 bits per heavy atom. The van der Waals surface area contributed by atoms with Crippen LogP contribution in [0.4, 0.5) is 0 Å². The number of amides is 1. The van der Waals surface area contributed by atoms with Gasteiger partial charge in [0.25, 0.3) is 5.91 Å². The Bertz CT molecular complexity index is 456. The molecule has 0 saturated heterocycles. The molecule has 1 aliphatic carbocycles. The molecule has 2 rings (SSSR count). The second kappa shape index (κ2) is 5.16. The van der Waals surface area contributed by atoms with E-state index in [1.807, 2.05) is 0 Å². The molecular weight excluding hydrogens is 252 g/mol. The van der Waals surface area contributed by atoms with Crippen molar-refractivity contribution in [3.05, 3.63) is 28.8 Å². The van der Waals surface area contributed by atoms with Gasteiger partial charge >= 0.3 is 0 Å². The lowest BCUT2D eigenvalue weighted by Gasteiger charge is -2.28. The third kappa shape index (κ3) is 2.60. The summed E-state index contributed by atoms with van der Waals surface area (Å²) in [6.45, 7) is 0.449. The van der Waals surface area contributed by atoms with Crippen LogP contribution >= 0.6 is 11.6 Å². The van der Waals surface area contributed by atoms with Gasteiger partial charge < -0.3 is 16.2 Å². The van der Waals surface area contributed by atoms with E-state index in [2.05, 4.69) is 5.32 Å². The summed E-state index contributed by atoms with van der Waals surface area (Å²) in [5.74, 6) is -0.216. The van der Waals surface area contributed by atoms with Gasteiger partial charge in [0.15, 0.2) is 0 Å². The highest BCUT2D eigenvalue weighted by molar-refractivity contribution is 6.32. The van der Waals surface area contributed by atoms with E-state index in [1.165, 1.54) is 12.1 Å². The number of hydrogen-bond donors (Lipinski definition) is 3. The fraction of sp³-hybridized carbons (Fsp3) is 0.462. The molecule has 1 fully saturated rings. The lowest BCUT2D eigenvalue weighted by atomic mass is 9.97. The summed E-state index contributed by atoms with van der Waals surface area (Å²) < 4.78 is 0.